The molecule has 0 fully saturated rings. The van der Waals surface area contributed by atoms with Gasteiger partial charge >= 0.3 is 5.97 Å². The van der Waals surface area contributed by atoms with Crippen molar-refractivity contribution in [2.75, 3.05) is 85.0 Å². The highest BCUT2D eigenvalue weighted by atomic mass is 32.2. The summed E-state index contributed by atoms with van der Waals surface area (Å²) in [5, 5.41) is 0. The Labute approximate surface area is 302 Å². The molecule has 0 bridgehead atoms. The molecule has 0 N–H and O–H groups in total. The molecule has 4 rings (SSSR count). The van der Waals surface area contributed by atoms with Gasteiger partial charge in [0.1, 0.15) is 36.6 Å². The van der Waals surface area contributed by atoms with Gasteiger partial charge in [0.2, 0.25) is 0 Å². The molecule has 266 valence electrons. The van der Waals surface area contributed by atoms with Gasteiger partial charge in [0.15, 0.2) is 23.0 Å². The number of para-hydroxylation sites is 2. The van der Waals surface area contributed by atoms with E-state index in [1.54, 1.807) is 17.8 Å². The fraction of sp³-hybridized carbons (Fsp3) is 0.444. The van der Waals surface area contributed by atoms with E-state index in [9.17, 15) is 4.79 Å². The number of hydrogen-bond donors (Lipinski definition) is 0. The second kappa shape index (κ2) is 24.2. The van der Waals surface area contributed by atoms with Crippen LogP contribution in [0.5, 0.6) is 23.0 Å². The number of benzene rings is 3. The van der Waals surface area contributed by atoms with Gasteiger partial charge in [0.05, 0.1) is 59.3 Å². The van der Waals surface area contributed by atoms with E-state index in [-0.39, 0.29) is 19.0 Å². The molecular weight excluding hydrogens is 689 g/mol. The van der Waals surface area contributed by atoms with Crippen LogP contribution in [-0.2, 0) is 40.8 Å². The normalized spacial score (nSPS) is 15.8. The molecule has 0 radical (unpaired) electrons. The van der Waals surface area contributed by atoms with Gasteiger partial charge < -0.3 is 42.6 Å². The average Bonchev–Trinajstić information content (AvgIpc) is 3.12. The monoisotopic (exact) mass is 732 g/mol. The minimum Gasteiger partial charge on any atom is -0.487 e. The number of carbonyl (C=O) groups excluding carboxylic acids is 1. The molecule has 1 aliphatic heterocycles. The SMILES string of the molecule is O=C(CCSC(=S)SCc1ccccc1)OCc1ccc2c(c1)OCCOCCOCCOc1ccccc1OCCOCCOCCO2. The van der Waals surface area contributed by atoms with Crippen LogP contribution in [0.25, 0.3) is 0 Å². The summed E-state index contributed by atoms with van der Waals surface area (Å²) in [6.07, 6.45) is 0.266. The molecule has 0 saturated carbocycles. The fourth-order valence-electron chi connectivity index (χ4n) is 4.26. The van der Waals surface area contributed by atoms with Crippen LogP contribution >= 0.6 is 35.7 Å². The predicted molar refractivity (Wildman–Crippen MR) is 195 cm³/mol. The van der Waals surface area contributed by atoms with Crippen LogP contribution in [0.4, 0.5) is 0 Å². The first-order valence-corrected chi connectivity index (χ1v) is 18.6. The Morgan fingerprint density at radius 3 is 1.63 bits per heavy atom. The summed E-state index contributed by atoms with van der Waals surface area (Å²) in [7, 11) is 0. The molecule has 0 unspecified atom stereocenters. The molecule has 0 aromatic heterocycles. The van der Waals surface area contributed by atoms with Crippen molar-refractivity contribution in [3.63, 3.8) is 0 Å². The van der Waals surface area contributed by atoms with Gasteiger partial charge in [0.25, 0.3) is 0 Å². The molecule has 1 heterocycles. The summed E-state index contributed by atoms with van der Waals surface area (Å²) in [6.45, 7) is 4.75. The zero-order valence-corrected chi connectivity index (χ0v) is 30.0. The molecule has 1 aliphatic rings. The Hall–Kier alpha value is -3.04. The van der Waals surface area contributed by atoms with E-state index in [0.29, 0.717) is 108 Å². The number of thioether (sulfide) groups is 2. The topological polar surface area (TPSA) is 100 Å². The van der Waals surface area contributed by atoms with E-state index in [4.69, 9.17) is 54.8 Å². The molecule has 10 nitrogen and oxygen atoms in total. The van der Waals surface area contributed by atoms with Gasteiger partial charge in [-0.15, -0.1) is 23.5 Å². The fourth-order valence-corrected chi connectivity index (χ4v) is 6.36. The zero-order chi connectivity index (χ0) is 34.2. The number of ether oxygens (including phenoxy) is 9. The molecule has 3 aromatic carbocycles. The van der Waals surface area contributed by atoms with Crippen LogP contribution in [0.3, 0.4) is 0 Å². The maximum Gasteiger partial charge on any atom is 0.306 e. The Bertz CT molecular complexity index is 1380. The summed E-state index contributed by atoms with van der Waals surface area (Å²) < 4.78 is 52.6. The van der Waals surface area contributed by atoms with E-state index >= 15 is 0 Å². The van der Waals surface area contributed by atoms with Crippen LogP contribution in [0, 0.1) is 0 Å². The van der Waals surface area contributed by atoms with E-state index in [0.717, 1.165) is 14.8 Å². The van der Waals surface area contributed by atoms with E-state index in [1.807, 2.05) is 54.6 Å². The maximum atomic E-state index is 12.4. The minimum absolute atomic E-state index is 0.116. The molecule has 0 atom stereocenters. The summed E-state index contributed by atoms with van der Waals surface area (Å²) >= 11 is 8.54. The van der Waals surface area contributed by atoms with E-state index in [2.05, 4.69) is 12.1 Å². The van der Waals surface area contributed by atoms with Crippen molar-refractivity contribution < 1.29 is 47.4 Å². The van der Waals surface area contributed by atoms with Gasteiger partial charge in [-0.05, 0) is 35.4 Å². The van der Waals surface area contributed by atoms with Crippen molar-refractivity contribution in [3.05, 3.63) is 83.9 Å². The predicted octanol–water partition coefficient (Wildman–Crippen LogP) is 6.37. The minimum atomic E-state index is -0.288. The summed E-state index contributed by atoms with van der Waals surface area (Å²) in [5.74, 6) is 3.49. The Kier molecular flexibility index (Phi) is 19.1. The average molecular weight is 733 g/mol. The van der Waals surface area contributed by atoms with Crippen molar-refractivity contribution in [3.8, 4) is 23.0 Å². The lowest BCUT2D eigenvalue weighted by Crippen LogP contribution is -2.15. The zero-order valence-electron chi connectivity index (χ0n) is 27.5. The second-order valence-corrected chi connectivity index (χ2v) is 13.6. The van der Waals surface area contributed by atoms with Gasteiger partial charge in [-0.25, -0.2) is 0 Å². The molecule has 3 aromatic rings. The molecule has 49 heavy (non-hydrogen) atoms. The number of rotatable bonds is 7. The highest BCUT2D eigenvalue weighted by molar-refractivity contribution is 8.46. The van der Waals surface area contributed by atoms with Gasteiger partial charge in [0, 0.05) is 11.5 Å². The molecule has 0 saturated heterocycles. The standard InChI is InChI=1S/C36H44O10S3/c37-35(12-25-48-36(47)49-28-29-6-2-1-3-7-29)46-27-30-10-11-33-34(26-30)45-24-20-41-16-15-39-18-22-43-32-9-5-4-8-31(32)42-21-17-38-13-14-40-19-23-44-33/h1-11,26H,12-25,27-28H2. The quantitative estimate of drug-likeness (QED) is 0.199. The highest BCUT2D eigenvalue weighted by Gasteiger charge is 2.11. The first kappa shape index (κ1) is 38.8. The highest BCUT2D eigenvalue weighted by Crippen LogP contribution is 2.29. The number of carbonyl (C=O) groups is 1. The molecule has 0 aliphatic carbocycles. The Balaban J connectivity index is 1.19. The Morgan fingerprint density at radius 2 is 1.06 bits per heavy atom. The van der Waals surface area contributed by atoms with Crippen molar-refractivity contribution in [2.45, 2.75) is 18.8 Å². The number of fused-ring (bicyclic) bond motifs is 2. The van der Waals surface area contributed by atoms with Gasteiger partial charge in [-0.2, -0.15) is 0 Å². The van der Waals surface area contributed by atoms with E-state index < -0.39 is 0 Å². The third kappa shape index (κ3) is 16.5. The largest absolute Gasteiger partial charge is 0.487 e. The lowest BCUT2D eigenvalue weighted by molar-refractivity contribution is -0.144. The third-order valence-electron chi connectivity index (χ3n) is 6.67. The first-order chi connectivity index (χ1) is 24.2. The van der Waals surface area contributed by atoms with Gasteiger partial charge in [-0.1, -0.05) is 60.7 Å². The van der Waals surface area contributed by atoms with Crippen LogP contribution in [-0.4, -0.2) is 94.5 Å². The summed E-state index contributed by atoms with van der Waals surface area (Å²) in [6, 6.07) is 23.1. The van der Waals surface area contributed by atoms with Crippen LogP contribution in [0.2, 0.25) is 0 Å². The van der Waals surface area contributed by atoms with Crippen molar-refractivity contribution in [1.82, 2.24) is 0 Å². The van der Waals surface area contributed by atoms with Crippen LogP contribution in [0.1, 0.15) is 17.5 Å². The van der Waals surface area contributed by atoms with Crippen LogP contribution < -0.4 is 18.9 Å². The maximum absolute atomic E-state index is 12.4. The molecule has 0 spiro atoms. The first-order valence-electron chi connectivity index (χ1n) is 16.2. The van der Waals surface area contributed by atoms with Crippen LogP contribution in [0.15, 0.2) is 72.8 Å². The molecule has 0 amide bonds. The van der Waals surface area contributed by atoms with E-state index in [1.165, 1.54) is 17.3 Å². The third-order valence-corrected chi connectivity index (χ3v) is 9.44. The number of hydrogen-bond acceptors (Lipinski definition) is 13. The molecular formula is C36H44O10S3. The van der Waals surface area contributed by atoms with Crippen molar-refractivity contribution in [1.29, 1.82) is 0 Å². The smallest absolute Gasteiger partial charge is 0.306 e. The lowest BCUT2D eigenvalue weighted by atomic mass is 10.2. The van der Waals surface area contributed by atoms with Gasteiger partial charge in [-0.3, -0.25) is 4.79 Å². The molecule has 13 heteroatoms. The number of thiocarbonyl (C=S) groups is 1. The number of esters is 1. The lowest BCUT2D eigenvalue weighted by Gasteiger charge is -2.15. The summed E-state index contributed by atoms with van der Waals surface area (Å²) in [4.78, 5) is 12.4. The Morgan fingerprint density at radius 1 is 0.571 bits per heavy atom. The van der Waals surface area contributed by atoms with Crippen molar-refractivity contribution >= 4 is 45.2 Å². The second-order valence-electron chi connectivity index (χ2n) is 10.4. The summed E-state index contributed by atoms with van der Waals surface area (Å²) in [5.41, 5.74) is 1.99. The van der Waals surface area contributed by atoms with Crippen molar-refractivity contribution in [2.24, 2.45) is 0 Å².